The Labute approximate surface area is 104 Å². The van der Waals surface area contributed by atoms with E-state index in [0.29, 0.717) is 12.3 Å². The zero-order valence-electron chi connectivity index (χ0n) is 10.2. The zero-order valence-corrected chi connectivity index (χ0v) is 11.0. The van der Waals surface area contributed by atoms with Crippen molar-refractivity contribution < 1.29 is 14.1 Å². The van der Waals surface area contributed by atoms with Gasteiger partial charge in [-0.3, -0.25) is 4.21 Å². The Hall–Kier alpha value is -1.07. The number of nitrogens with one attached hydrogen (secondary N) is 1. The van der Waals surface area contributed by atoms with Crippen LogP contribution in [0.2, 0.25) is 0 Å². The van der Waals surface area contributed by atoms with Gasteiger partial charge in [0.1, 0.15) is 11.5 Å². The maximum Gasteiger partial charge on any atom is 0.120 e. The number of hydrogen-bond acceptors (Lipinski definition) is 4. The summed E-state index contributed by atoms with van der Waals surface area (Å²) in [6, 6.07) is 5.15. The van der Waals surface area contributed by atoms with E-state index < -0.39 is 10.8 Å². The van der Waals surface area contributed by atoms with Crippen LogP contribution in [0.5, 0.6) is 11.5 Å². The molecule has 1 aromatic rings. The molecule has 4 nitrogen and oxygen atoms in total. The highest BCUT2D eigenvalue weighted by Crippen LogP contribution is 2.22. The number of hydrogen-bond donors (Lipinski definition) is 2. The van der Waals surface area contributed by atoms with E-state index in [-0.39, 0.29) is 5.75 Å². The molecule has 0 aromatic heterocycles. The van der Waals surface area contributed by atoms with Gasteiger partial charge in [0.05, 0.1) is 7.11 Å². The molecule has 0 bridgehead atoms. The minimum atomic E-state index is -0.732. The molecule has 0 amide bonds. The summed E-state index contributed by atoms with van der Waals surface area (Å²) in [4.78, 5) is 0. The van der Waals surface area contributed by atoms with Crippen LogP contribution in [-0.2, 0) is 17.3 Å². The third-order valence-corrected chi connectivity index (χ3v) is 3.25. The lowest BCUT2D eigenvalue weighted by molar-refractivity contribution is 0.410. The molecule has 1 aromatic carbocycles. The molecule has 0 aliphatic carbocycles. The SMILES string of the molecule is COc1ccc(O)c(CNCCCS(C)=O)c1. The Morgan fingerprint density at radius 3 is 2.88 bits per heavy atom. The van der Waals surface area contributed by atoms with Gasteiger partial charge < -0.3 is 15.2 Å². The number of phenolic OH excluding ortho intramolecular Hbond substituents is 1. The van der Waals surface area contributed by atoms with E-state index in [4.69, 9.17) is 4.74 Å². The predicted octanol–water partition coefficient (Wildman–Crippen LogP) is 1.26. The monoisotopic (exact) mass is 257 g/mol. The lowest BCUT2D eigenvalue weighted by Crippen LogP contribution is -2.16. The Balaban J connectivity index is 2.38. The first-order valence-electron chi connectivity index (χ1n) is 5.50. The standard InChI is InChI=1S/C12H19NO3S/c1-16-11-4-5-12(14)10(8-11)9-13-6-3-7-17(2)15/h4-5,8,13-14H,3,6-7,9H2,1-2H3. The summed E-state index contributed by atoms with van der Waals surface area (Å²) in [6.07, 6.45) is 2.57. The van der Waals surface area contributed by atoms with Crippen LogP contribution in [0.15, 0.2) is 18.2 Å². The predicted molar refractivity (Wildman–Crippen MR) is 69.9 cm³/mol. The average molecular weight is 257 g/mol. The third-order valence-electron chi connectivity index (χ3n) is 2.39. The van der Waals surface area contributed by atoms with Crippen molar-refractivity contribution in [2.45, 2.75) is 13.0 Å². The minimum Gasteiger partial charge on any atom is -0.508 e. The van der Waals surface area contributed by atoms with Gasteiger partial charge in [-0.1, -0.05) is 0 Å². The van der Waals surface area contributed by atoms with Gasteiger partial charge in [0.25, 0.3) is 0 Å². The fraction of sp³-hybridized carbons (Fsp3) is 0.500. The minimum absolute atomic E-state index is 0.261. The van der Waals surface area contributed by atoms with E-state index in [1.807, 2.05) is 0 Å². The molecular weight excluding hydrogens is 238 g/mol. The lowest BCUT2D eigenvalue weighted by Gasteiger charge is -2.08. The normalized spacial score (nSPS) is 12.4. The van der Waals surface area contributed by atoms with Crippen LogP contribution in [0.1, 0.15) is 12.0 Å². The molecule has 5 heteroatoms. The summed E-state index contributed by atoms with van der Waals surface area (Å²) in [7, 11) is 0.865. The quantitative estimate of drug-likeness (QED) is 0.722. The van der Waals surface area contributed by atoms with E-state index >= 15 is 0 Å². The number of benzene rings is 1. The maximum atomic E-state index is 10.8. The van der Waals surface area contributed by atoms with Crippen molar-refractivity contribution in [2.75, 3.05) is 25.7 Å². The largest absolute Gasteiger partial charge is 0.508 e. The molecular formula is C12H19NO3S. The van der Waals surface area contributed by atoms with Crippen molar-refractivity contribution in [1.82, 2.24) is 5.32 Å². The fourth-order valence-electron chi connectivity index (χ4n) is 1.45. The van der Waals surface area contributed by atoms with Crippen molar-refractivity contribution >= 4 is 10.8 Å². The van der Waals surface area contributed by atoms with Crippen molar-refractivity contribution in [3.8, 4) is 11.5 Å². The zero-order chi connectivity index (χ0) is 12.7. The van der Waals surface area contributed by atoms with E-state index in [9.17, 15) is 9.32 Å². The average Bonchev–Trinajstić information content (AvgIpc) is 2.30. The van der Waals surface area contributed by atoms with E-state index in [0.717, 1.165) is 24.3 Å². The highest BCUT2D eigenvalue weighted by molar-refractivity contribution is 7.84. The van der Waals surface area contributed by atoms with Crippen LogP contribution in [0.4, 0.5) is 0 Å². The molecule has 0 spiro atoms. The molecule has 0 fully saturated rings. The second kappa shape index (κ2) is 7.29. The number of rotatable bonds is 7. The summed E-state index contributed by atoms with van der Waals surface area (Å²) in [5.41, 5.74) is 0.807. The van der Waals surface area contributed by atoms with Crippen LogP contribution in [-0.4, -0.2) is 35.0 Å². The maximum absolute atomic E-state index is 10.8. The van der Waals surface area contributed by atoms with Gasteiger partial charge in [0, 0.05) is 34.9 Å². The Morgan fingerprint density at radius 2 is 2.24 bits per heavy atom. The first kappa shape index (κ1) is 14.0. The second-order valence-corrected chi connectivity index (χ2v) is 5.36. The molecule has 0 heterocycles. The Bertz CT molecular complexity index is 382. The molecule has 1 rings (SSSR count). The molecule has 0 saturated carbocycles. The fourth-order valence-corrected chi connectivity index (χ4v) is 2.00. The Kier molecular flexibility index (Phi) is 6.00. The van der Waals surface area contributed by atoms with E-state index in [1.54, 1.807) is 31.6 Å². The first-order chi connectivity index (χ1) is 8.13. The van der Waals surface area contributed by atoms with Gasteiger partial charge in [-0.05, 0) is 31.2 Å². The van der Waals surface area contributed by atoms with Crippen molar-refractivity contribution in [3.63, 3.8) is 0 Å². The molecule has 0 aliphatic heterocycles. The van der Waals surface area contributed by atoms with Crippen molar-refractivity contribution in [3.05, 3.63) is 23.8 Å². The van der Waals surface area contributed by atoms with Crippen LogP contribution < -0.4 is 10.1 Å². The van der Waals surface area contributed by atoms with Crippen molar-refractivity contribution in [2.24, 2.45) is 0 Å². The van der Waals surface area contributed by atoms with Crippen molar-refractivity contribution in [1.29, 1.82) is 0 Å². The summed E-state index contributed by atoms with van der Waals surface area (Å²) in [6.45, 7) is 1.37. The Morgan fingerprint density at radius 1 is 1.47 bits per heavy atom. The topological polar surface area (TPSA) is 58.6 Å². The van der Waals surface area contributed by atoms with Crippen LogP contribution in [0.25, 0.3) is 0 Å². The second-order valence-electron chi connectivity index (χ2n) is 3.80. The number of methoxy groups -OCH3 is 1. The molecule has 0 radical (unpaired) electrons. The molecule has 1 atom stereocenters. The molecule has 96 valence electrons. The van der Waals surface area contributed by atoms with E-state index in [1.165, 1.54) is 0 Å². The molecule has 2 N–H and O–H groups in total. The van der Waals surface area contributed by atoms with Gasteiger partial charge in [-0.15, -0.1) is 0 Å². The summed E-state index contributed by atoms with van der Waals surface area (Å²) < 4.78 is 15.9. The van der Waals surface area contributed by atoms with Gasteiger partial charge in [0.15, 0.2) is 0 Å². The van der Waals surface area contributed by atoms with Crippen LogP contribution in [0.3, 0.4) is 0 Å². The lowest BCUT2D eigenvalue weighted by atomic mass is 10.2. The molecule has 17 heavy (non-hydrogen) atoms. The van der Waals surface area contributed by atoms with Gasteiger partial charge in [-0.25, -0.2) is 0 Å². The van der Waals surface area contributed by atoms with Gasteiger partial charge >= 0.3 is 0 Å². The van der Waals surface area contributed by atoms with Gasteiger partial charge in [0.2, 0.25) is 0 Å². The molecule has 0 aliphatic rings. The highest BCUT2D eigenvalue weighted by Gasteiger charge is 2.02. The highest BCUT2D eigenvalue weighted by atomic mass is 32.2. The number of aromatic hydroxyl groups is 1. The van der Waals surface area contributed by atoms with Crippen LogP contribution >= 0.6 is 0 Å². The number of ether oxygens (including phenoxy) is 1. The van der Waals surface area contributed by atoms with Crippen LogP contribution in [0, 0.1) is 0 Å². The number of phenols is 1. The summed E-state index contributed by atoms with van der Waals surface area (Å²) >= 11 is 0. The summed E-state index contributed by atoms with van der Waals surface area (Å²) in [5, 5.41) is 12.8. The van der Waals surface area contributed by atoms with Gasteiger partial charge in [-0.2, -0.15) is 0 Å². The third kappa shape index (κ3) is 5.19. The first-order valence-corrected chi connectivity index (χ1v) is 7.23. The van der Waals surface area contributed by atoms with E-state index in [2.05, 4.69) is 5.32 Å². The summed E-state index contributed by atoms with van der Waals surface area (Å²) in [5.74, 6) is 1.70. The smallest absolute Gasteiger partial charge is 0.120 e. The molecule has 1 unspecified atom stereocenters. The molecule has 0 saturated heterocycles.